The summed E-state index contributed by atoms with van der Waals surface area (Å²) in [4.78, 5) is 11.3. The Bertz CT molecular complexity index is 618. The van der Waals surface area contributed by atoms with Gasteiger partial charge in [0, 0.05) is 11.5 Å². The quantitative estimate of drug-likeness (QED) is 0.877. The molecule has 0 heterocycles. The average molecular weight is 271 g/mol. The fraction of sp³-hybridized carbons (Fsp3) is 0.353. The standard InChI is InChI=1S/C17H21NO2/c1-3-15(18)17(2,11-16(19)20)14-10-6-8-12-7-4-5-9-13(12)14/h4-10,15H,3,11,18H2,1-2H3,(H,19,20). The third-order valence-electron chi connectivity index (χ3n) is 4.18. The number of aliphatic carboxylic acids is 1. The zero-order valence-electron chi connectivity index (χ0n) is 12.0. The Labute approximate surface area is 119 Å². The van der Waals surface area contributed by atoms with Crippen LogP contribution in [0.15, 0.2) is 42.5 Å². The van der Waals surface area contributed by atoms with Crippen molar-refractivity contribution in [1.29, 1.82) is 0 Å². The summed E-state index contributed by atoms with van der Waals surface area (Å²) < 4.78 is 0. The maximum Gasteiger partial charge on any atom is 0.304 e. The van der Waals surface area contributed by atoms with Crippen LogP contribution >= 0.6 is 0 Å². The van der Waals surface area contributed by atoms with E-state index in [2.05, 4.69) is 0 Å². The third kappa shape index (κ3) is 2.54. The van der Waals surface area contributed by atoms with E-state index in [0.717, 1.165) is 22.8 Å². The van der Waals surface area contributed by atoms with Gasteiger partial charge in [0.2, 0.25) is 0 Å². The van der Waals surface area contributed by atoms with E-state index < -0.39 is 11.4 Å². The summed E-state index contributed by atoms with van der Waals surface area (Å²) in [5.74, 6) is -0.815. The summed E-state index contributed by atoms with van der Waals surface area (Å²) in [5, 5.41) is 11.5. The van der Waals surface area contributed by atoms with E-state index in [1.807, 2.05) is 56.3 Å². The SMILES string of the molecule is CCC(N)C(C)(CC(=O)O)c1cccc2ccccc12. The van der Waals surface area contributed by atoms with Crippen molar-refractivity contribution in [1.82, 2.24) is 0 Å². The number of hydrogen-bond acceptors (Lipinski definition) is 2. The number of carbonyl (C=O) groups is 1. The highest BCUT2D eigenvalue weighted by molar-refractivity contribution is 5.87. The van der Waals surface area contributed by atoms with Gasteiger partial charge >= 0.3 is 5.97 Å². The topological polar surface area (TPSA) is 63.3 Å². The largest absolute Gasteiger partial charge is 0.481 e. The average Bonchev–Trinajstić information content (AvgIpc) is 2.44. The van der Waals surface area contributed by atoms with E-state index in [4.69, 9.17) is 5.73 Å². The molecule has 2 aromatic carbocycles. The van der Waals surface area contributed by atoms with Crippen molar-refractivity contribution in [2.24, 2.45) is 5.73 Å². The fourth-order valence-electron chi connectivity index (χ4n) is 2.91. The van der Waals surface area contributed by atoms with Crippen molar-refractivity contribution >= 4 is 16.7 Å². The Morgan fingerprint density at radius 3 is 2.55 bits per heavy atom. The van der Waals surface area contributed by atoms with Crippen LogP contribution in [0, 0.1) is 0 Å². The summed E-state index contributed by atoms with van der Waals surface area (Å²) in [6.45, 7) is 3.95. The van der Waals surface area contributed by atoms with Gasteiger partial charge in [-0.3, -0.25) is 4.79 Å². The summed E-state index contributed by atoms with van der Waals surface area (Å²) in [7, 11) is 0. The normalized spacial score (nSPS) is 15.8. The molecule has 0 aromatic heterocycles. The molecule has 2 aromatic rings. The fourth-order valence-corrected chi connectivity index (χ4v) is 2.91. The first-order valence-electron chi connectivity index (χ1n) is 6.94. The predicted octanol–water partition coefficient (Wildman–Crippen LogP) is 3.31. The van der Waals surface area contributed by atoms with E-state index in [0.29, 0.717) is 0 Å². The number of carboxylic acid groups (broad SMARTS) is 1. The lowest BCUT2D eigenvalue weighted by Crippen LogP contribution is -2.44. The molecule has 106 valence electrons. The molecule has 0 spiro atoms. The van der Waals surface area contributed by atoms with Gasteiger partial charge in [0.25, 0.3) is 0 Å². The molecule has 0 aliphatic heterocycles. The minimum atomic E-state index is -0.815. The van der Waals surface area contributed by atoms with Gasteiger partial charge < -0.3 is 10.8 Å². The van der Waals surface area contributed by atoms with Gasteiger partial charge in [0.05, 0.1) is 6.42 Å². The molecule has 0 saturated carbocycles. The molecule has 0 amide bonds. The second-order valence-corrected chi connectivity index (χ2v) is 5.53. The minimum Gasteiger partial charge on any atom is -0.481 e. The number of hydrogen-bond donors (Lipinski definition) is 2. The van der Waals surface area contributed by atoms with Crippen LogP contribution in [-0.2, 0) is 10.2 Å². The third-order valence-corrected chi connectivity index (χ3v) is 4.18. The van der Waals surface area contributed by atoms with Crippen molar-refractivity contribution in [3.05, 3.63) is 48.0 Å². The Kier molecular flexibility index (Phi) is 4.09. The van der Waals surface area contributed by atoms with Crippen molar-refractivity contribution in [3.8, 4) is 0 Å². The van der Waals surface area contributed by atoms with Gasteiger partial charge in [0.15, 0.2) is 0 Å². The van der Waals surface area contributed by atoms with Gasteiger partial charge in [-0.15, -0.1) is 0 Å². The van der Waals surface area contributed by atoms with Crippen LogP contribution in [-0.4, -0.2) is 17.1 Å². The molecule has 0 fully saturated rings. The van der Waals surface area contributed by atoms with Crippen LogP contribution in [0.5, 0.6) is 0 Å². The first-order valence-corrected chi connectivity index (χ1v) is 6.94. The molecular weight excluding hydrogens is 250 g/mol. The van der Waals surface area contributed by atoms with E-state index in [1.165, 1.54) is 0 Å². The van der Waals surface area contributed by atoms with Gasteiger partial charge in [-0.25, -0.2) is 0 Å². The molecule has 3 heteroatoms. The van der Waals surface area contributed by atoms with Crippen molar-refractivity contribution in [3.63, 3.8) is 0 Å². The number of rotatable bonds is 5. The molecule has 0 bridgehead atoms. The van der Waals surface area contributed by atoms with Crippen LogP contribution in [0.1, 0.15) is 32.3 Å². The van der Waals surface area contributed by atoms with E-state index >= 15 is 0 Å². The molecule has 0 radical (unpaired) electrons. The molecule has 0 saturated heterocycles. The van der Waals surface area contributed by atoms with Crippen LogP contribution in [0.25, 0.3) is 10.8 Å². The second kappa shape index (κ2) is 5.63. The molecule has 20 heavy (non-hydrogen) atoms. The van der Waals surface area contributed by atoms with Gasteiger partial charge in [0.1, 0.15) is 0 Å². The zero-order chi connectivity index (χ0) is 14.8. The first-order chi connectivity index (χ1) is 9.49. The molecule has 3 N–H and O–H groups in total. The highest BCUT2D eigenvalue weighted by Crippen LogP contribution is 2.36. The van der Waals surface area contributed by atoms with E-state index in [1.54, 1.807) is 0 Å². The first kappa shape index (κ1) is 14.5. The number of nitrogens with two attached hydrogens (primary N) is 1. The summed E-state index contributed by atoms with van der Waals surface area (Å²) in [5.41, 5.74) is 6.71. The monoisotopic (exact) mass is 271 g/mol. The summed E-state index contributed by atoms with van der Waals surface area (Å²) in [6.07, 6.45) is 0.781. The number of carboxylic acids is 1. The smallest absolute Gasteiger partial charge is 0.304 e. The Morgan fingerprint density at radius 1 is 1.25 bits per heavy atom. The molecule has 2 rings (SSSR count). The lowest BCUT2D eigenvalue weighted by Gasteiger charge is -2.35. The minimum absolute atomic E-state index is 0.0377. The molecule has 0 aliphatic carbocycles. The van der Waals surface area contributed by atoms with Gasteiger partial charge in [-0.05, 0) is 22.8 Å². The lowest BCUT2D eigenvalue weighted by atomic mass is 9.71. The van der Waals surface area contributed by atoms with Gasteiger partial charge in [-0.2, -0.15) is 0 Å². The number of benzene rings is 2. The van der Waals surface area contributed by atoms with Gasteiger partial charge in [-0.1, -0.05) is 56.3 Å². The van der Waals surface area contributed by atoms with E-state index in [9.17, 15) is 9.90 Å². The Hall–Kier alpha value is -1.87. The van der Waals surface area contributed by atoms with Crippen LogP contribution in [0.2, 0.25) is 0 Å². The van der Waals surface area contributed by atoms with Crippen LogP contribution in [0.4, 0.5) is 0 Å². The van der Waals surface area contributed by atoms with E-state index in [-0.39, 0.29) is 12.5 Å². The molecule has 2 atom stereocenters. The molecule has 0 aliphatic rings. The van der Waals surface area contributed by atoms with Crippen molar-refractivity contribution in [2.45, 2.75) is 38.1 Å². The predicted molar refractivity (Wildman–Crippen MR) is 81.8 cm³/mol. The summed E-state index contributed by atoms with van der Waals surface area (Å²) >= 11 is 0. The number of fused-ring (bicyclic) bond motifs is 1. The summed E-state index contributed by atoms with van der Waals surface area (Å²) in [6, 6.07) is 13.9. The van der Waals surface area contributed by atoms with Crippen molar-refractivity contribution < 1.29 is 9.90 Å². The zero-order valence-corrected chi connectivity index (χ0v) is 12.0. The maximum absolute atomic E-state index is 11.3. The second-order valence-electron chi connectivity index (χ2n) is 5.53. The van der Waals surface area contributed by atoms with Crippen molar-refractivity contribution in [2.75, 3.05) is 0 Å². The Balaban J connectivity index is 2.65. The molecule has 3 nitrogen and oxygen atoms in total. The highest BCUT2D eigenvalue weighted by atomic mass is 16.4. The highest BCUT2D eigenvalue weighted by Gasteiger charge is 2.36. The molecule has 2 unspecified atom stereocenters. The maximum atomic E-state index is 11.3. The lowest BCUT2D eigenvalue weighted by molar-refractivity contribution is -0.138. The Morgan fingerprint density at radius 2 is 1.90 bits per heavy atom. The van der Waals surface area contributed by atoms with Crippen LogP contribution in [0.3, 0.4) is 0 Å². The molecular formula is C17H21NO2. The van der Waals surface area contributed by atoms with Crippen LogP contribution < -0.4 is 5.73 Å².